The van der Waals surface area contributed by atoms with E-state index in [0.29, 0.717) is 32.3 Å². The van der Waals surface area contributed by atoms with Crippen molar-refractivity contribution in [3.63, 3.8) is 0 Å². The molecule has 0 aliphatic rings. The molecule has 0 aliphatic carbocycles. The summed E-state index contributed by atoms with van der Waals surface area (Å²) in [7, 11) is 0. The molecule has 0 amide bonds. The van der Waals surface area contributed by atoms with Crippen LogP contribution >= 0.6 is 35.1 Å². The zero-order chi connectivity index (χ0) is 17.1. The lowest BCUT2D eigenvalue weighted by Crippen LogP contribution is -1.97. The van der Waals surface area contributed by atoms with Gasteiger partial charge in [-0.2, -0.15) is 4.39 Å². The molecular formula is C16H11Cl2FN4S. The van der Waals surface area contributed by atoms with Gasteiger partial charge in [0.15, 0.2) is 0 Å². The minimum Gasteiger partial charge on any atom is -0.309 e. The van der Waals surface area contributed by atoms with Gasteiger partial charge in [0.1, 0.15) is 16.0 Å². The highest BCUT2D eigenvalue weighted by Crippen LogP contribution is 2.34. The lowest BCUT2D eigenvalue weighted by Gasteiger charge is -2.11. The molecule has 4 nitrogen and oxygen atoms in total. The molecular weight excluding hydrogens is 370 g/mol. The second-order valence-corrected chi connectivity index (χ2v) is 6.41. The van der Waals surface area contributed by atoms with Gasteiger partial charge in [-0.25, -0.2) is 15.0 Å². The Labute approximate surface area is 152 Å². The number of pyridine rings is 3. The van der Waals surface area contributed by atoms with Crippen LogP contribution in [0.3, 0.4) is 0 Å². The molecule has 0 saturated heterocycles. The second kappa shape index (κ2) is 7.34. The number of halogens is 3. The third-order valence-electron chi connectivity index (χ3n) is 3.15. The van der Waals surface area contributed by atoms with Crippen LogP contribution in [0.5, 0.6) is 0 Å². The Morgan fingerprint density at radius 3 is 2.67 bits per heavy atom. The molecule has 122 valence electrons. The normalized spacial score (nSPS) is 10.7. The molecule has 0 spiro atoms. The third kappa shape index (κ3) is 3.77. The molecule has 3 aromatic rings. The Morgan fingerprint density at radius 2 is 1.92 bits per heavy atom. The van der Waals surface area contributed by atoms with Crippen molar-refractivity contribution >= 4 is 41.0 Å². The summed E-state index contributed by atoms with van der Waals surface area (Å²) >= 11 is 13.6. The van der Waals surface area contributed by atoms with Crippen LogP contribution in [0.15, 0.2) is 47.6 Å². The first-order valence-electron chi connectivity index (χ1n) is 6.88. The van der Waals surface area contributed by atoms with Gasteiger partial charge in [-0.1, -0.05) is 29.3 Å². The molecule has 8 heteroatoms. The molecule has 1 N–H and O–H groups in total. The standard InChI is InChI=1S/C16H11Cl2FN4S/c1-9-7-8-20-16(18)14(9)15-10(17)5-6-12(22-15)23-24-13-4-2-3-11(19)21-13/h2-8H,1H3,(H,22,23). The van der Waals surface area contributed by atoms with Crippen molar-refractivity contribution in [2.45, 2.75) is 11.9 Å². The first kappa shape index (κ1) is 17.0. The Hall–Kier alpha value is -1.89. The Kier molecular flexibility index (Phi) is 5.18. The van der Waals surface area contributed by atoms with E-state index in [2.05, 4.69) is 19.7 Å². The molecule has 0 fully saturated rings. The zero-order valence-electron chi connectivity index (χ0n) is 12.4. The fourth-order valence-corrected chi connectivity index (χ4v) is 3.13. The number of nitrogens with one attached hydrogen (secondary N) is 1. The highest BCUT2D eigenvalue weighted by Gasteiger charge is 2.14. The minimum absolute atomic E-state index is 0.334. The summed E-state index contributed by atoms with van der Waals surface area (Å²) < 4.78 is 16.1. The molecule has 0 aliphatic heterocycles. The molecule has 0 bridgehead atoms. The van der Waals surface area contributed by atoms with E-state index < -0.39 is 5.95 Å². The van der Waals surface area contributed by atoms with Crippen molar-refractivity contribution in [3.8, 4) is 11.3 Å². The molecule has 3 rings (SSSR count). The van der Waals surface area contributed by atoms with Crippen LogP contribution in [0.25, 0.3) is 11.3 Å². The number of anilines is 1. The van der Waals surface area contributed by atoms with Gasteiger partial charge in [-0.15, -0.1) is 0 Å². The number of hydrogen-bond acceptors (Lipinski definition) is 5. The van der Waals surface area contributed by atoms with Crippen molar-refractivity contribution < 1.29 is 4.39 Å². The lowest BCUT2D eigenvalue weighted by atomic mass is 10.1. The number of rotatable bonds is 4. The molecule has 3 heterocycles. The zero-order valence-corrected chi connectivity index (χ0v) is 14.8. The summed E-state index contributed by atoms with van der Waals surface area (Å²) in [5.74, 6) is 0.00843. The maximum absolute atomic E-state index is 13.1. The topological polar surface area (TPSA) is 50.7 Å². The van der Waals surface area contributed by atoms with Crippen LogP contribution in [0, 0.1) is 12.9 Å². The summed E-state index contributed by atoms with van der Waals surface area (Å²) in [6, 6.07) is 9.85. The minimum atomic E-state index is -0.538. The first-order chi connectivity index (χ1) is 11.5. The van der Waals surface area contributed by atoms with Gasteiger partial charge >= 0.3 is 0 Å². The van der Waals surface area contributed by atoms with Crippen LogP contribution in [0.2, 0.25) is 10.2 Å². The van der Waals surface area contributed by atoms with E-state index in [9.17, 15) is 4.39 Å². The molecule has 0 unspecified atom stereocenters. The van der Waals surface area contributed by atoms with Crippen molar-refractivity contribution in [1.29, 1.82) is 0 Å². The summed E-state index contributed by atoms with van der Waals surface area (Å²) in [5, 5.41) is 1.29. The quantitative estimate of drug-likeness (QED) is 0.484. The SMILES string of the molecule is Cc1ccnc(Cl)c1-c1nc(NSc2cccc(F)n2)ccc1Cl. The van der Waals surface area contributed by atoms with E-state index in [4.69, 9.17) is 23.2 Å². The van der Waals surface area contributed by atoms with E-state index in [1.165, 1.54) is 6.07 Å². The first-order valence-corrected chi connectivity index (χ1v) is 8.45. The highest BCUT2D eigenvalue weighted by atomic mass is 35.5. The maximum atomic E-state index is 13.1. The number of aryl methyl sites for hydroxylation is 1. The maximum Gasteiger partial charge on any atom is 0.213 e. The Morgan fingerprint density at radius 1 is 1.08 bits per heavy atom. The van der Waals surface area contributed by atoms with Gasteiger partial charge in [0, 0.05) is 23.7 Å². The average Bonchev–Trinajstić information content (AvgIpc) is 2.55. The van der Waals surface area contributed by atoms with Gasteiger partial charge in [-0.05, 0) is 42.8 Å². The molecule has 3 aromatic heterocycles. The van der Waals surface area contributed by atoms with Gasteiger partial charge < -0.3 is 4.72 Å². The molecule has 0 radical (unpaired) electrons. The summed E-state index contributed by atoms with van der Waals surface area (Å²) in [6.07, 6.45) is 1.63. The number of aromatic nitrogens is 3. The number of hydrogen-bond donors (Lipinski definition) is 1. The monoisotopic (exact) mass is 380 g/mol. The van der Waals surface area contributed by atoms with E-state index >= 15 is 0 Å². The van der Waals surface area contributed by atoms with E-state index in [-0.39, 0.29) is 0 Å². The fourth-order valence-electron chi connectivity index (χ4n) is 2.03. The third-order valence-corrected chi connectivity index (χ3v) is 4.48. The van der Waals surface area contributed by atoms with Crippen LogP contribution in [-0.4, -0.2) is 15.0 Å². The van der Waals surface area contributed by atoms with Gasteiger partial charge in [0.25, 0.3) is 0 Å². The molecule has 24 heavy (non-hydrogen) atoms. The number of nitrogens with zero attached hydrogens (tertiary/aromatic N) is 3. The Bertz CT molecular complexity index is 871. The lowest BCUT2D eigenvalue weighted by molar-refractivity contribution is 0.572. The summed E-state index contributed by atoms with van der Waals surface area (Å²) in [6.45, 7) is 1.91. The second-order valence-electron chi connectivity index (χ2n) is 4.82. The van der Waals surface area contributed by atoms with Crippen molar-refractivity contribution in [2.24, 2.45) is 0 Å². The van der Waals surface area contributed by atoms with Crippen LogP contribution in [0.4, 0.5) is 10.2 Å². The van der Waals surface area contributed by atoms with Crippen LogP contribution in [-0.2, 0) is 0 Å². The van der Waals surface area contributed by atoms with E-state index in [0.717, 1.165) is 17.5 Å². The van der Waals surface area contributed by atoms with Gasteiger partial charge in [0.05, 0.1) is 10.7 Å². The van der Waals surface area contributed by atoms with E-state index in [1.54, 1.807) is 30.5 Å². The van der Waals surface area contributed by atoms with Crippen LogP contribution in [0.1, 0.15) is 5.56 Å². The van der Waals surface area contributed by atoms with Crippen LogP contribution < -0.4 is 4.72 Å². The molecule has 0 aromatic carbocycles. The highest BCUT2D eigenvalue weighted by molar-refractivity contribution is 8.00. The van der Waals surface area contributed by atoms with Crippen molar-refractivity contribution in [3.05, 3.63) is 64.3 Å². The van der Waals surface area contributed by atoms with Crippen molar-refractivity contribution in [1.82, 2.24) is 15.0 Å². The van der Waals surface area contributed by atoms with Gasteiger partial charge in [-0.3, -0.25) is 0 Å². The van der Waals surface area contributed by atoms with E-state index in [1.807, 2.05) is 13.0 Å². The predicted octanol–water partition coefficient (Wildman–Crippen LogP) is 5.41. The summed E-state index contributed by atoms with van der Waals surface area (Å²) in [4.78, 5) is 12.3. The largest absolute Gasteiger partial charge is 0.309 e. The van der Waals surface area contributed by atoms with Crippen molar-refractivity contribution in [2.75, 3.05) is 4.72 Å². The predicted molar refractivity (Wildman–Crippen MR) is 95.9 cm³/mol. The smallest absolute Gasteiger partial charge is 0.213 e. The summed E-state index contributed by atoms with van der Waals surface area (Å²) in [5.41, 5.74) is 2.13. The molecule has 0 atom stereocenters. The Balaban J connectivity index is 1.89. The average molecular weight is 381 g/mol. The molecule has 0 saturated carbocycles. The van der Waals surface area contributed by atoms with Gasteiger partial charge in [0.2, 0.25) is 5.95 Å². The fraction of sp³-hybridized carbons (Fsp3) is 0.0625.